The average Bonchev–Trinajstić information content (AvgIpc) is 2.29. The van der Waals surface area contributed by atoms with Crippen LogP contribution in [0.1, 0.15) is 20.8 Å². The van der Waals surface area contributed by atoms with Crippen LogP contribution in [0.2, 0.25) is 0 Å². The summed E-state index contributed by atoms with van der Waals surface area (Å²) in [6.45, 7) is 6.09. The molecule has 4 nitrogen and oxygen atoms in total. The normalized spacial score (nSPS) is 32.2. The van der Waals surface area contributed by atoms with Gasteiger partial charge in [0.25, 0.3) is 0 Å². The lowest BCUT2D eigenvalue weighted by Crippen LogP contribution is -2.37. The summed E-state index contributed by atoms with van der Waals surface area (Å²) in [4.78, 5) is 0. The second-order valence-electron chi connectivity index (χ2n) is 3.28. The van der Waals surface area contributed by atoms with Crippen LogP contribution in [0.3, 0.4) is 0 Å². The van der Waals surface area contributed by atoms with Crippen LogP contribution in [-0.4, -0.2) is 29.7 Å². The van der Waals surface area contributed by atoms with Gasteiger partial charge in [-0.2, -0.15) is 0 Å². The zero-order valence-corrected chi connectivity index (χ0v) is 7.13. The molecule has 1 fully saturated rings. The molecule has 0 amide bonds. The number of ether oxygens (including phenoxy) is 2. The quantitative estimate of drug-likeness (QED) is 0.579. The Bertz CT molecular complexity index is 138. The number of hydrogen-bond donors (Lipinski definition) is 2. The van der Waals surface area contributed by atoms with Gasteiger partial charge >= 0.3 is 0 Å². The first kappa shape index (κ1) is 8.93. The summed E-state index contributed by atoms with van der Waals surface area (Å²) in [6.07, 6.45) is -0.0602. The van der Waals surface area contributed by atoms with Crippen LogP contribution < -0.4 is 5.48 Å². The second-order valence-corrected chi connectivity index (χ2v) is 3.28. The van der Waals surface area contributed by atoms with E-state index in [1.165, 1.54) is 0 Å². The van der Waals surface area contributed by atoms with Crippen molar-refractivity contribution in [2.45, 2.75) is 38.7 Å². The summed E-state index contributed by atoms with van der Waals surface area (Å²) in [5.74, 6) is -0.504. The van der Waals surface area contributed by atoms with Crippen molar-refractivity contribution in [3.05, 3.63) is 0 Å². The molecule has 2 atom stereocenters. The van der Waals surface area contributed by atoms with Crippen LogP contribution in [0.25, 0.3) is 0 Å². The first-order chi connectivity index (χ1) is 5.05. The summed E-state index contributed by atoms with van der Waals surface area (Å²) >= 11 is 0. The number of hydrogen-bond acceptors (Lipinski definition) is 4. The van der Waals surface area contributed by atoms with Crippen LogP contribution in [0.4, 0.5) is 0 Å². The van der Waals surface area contributed by atoms with E-state index in [0.717, 1.165) is 0 Å². The van der Waals surface area contributed by atoms with Gasteiger partial charge in [0.05, 0.1) is 12.6 Å². The Morgan fingerprint density at radius 3 is 2.64 bits per heavy atom. The summed E-state index contributed by atoms with van der Waals surface area (Å²) in [5, 5.41) is 8.58. The molecule has 11 heavy (non-hydrogen) atoms. The fraction of sp³-hybridized carbons (Fsp3) is 1.00. The fourth-order valence-electron chi connectivity index (χ4n) is 1.04. The molecule has 0 unspecified atom stereocenters. The van der Waals surface area contributed by atoms with Crippen molar-refractivity contribution < 1.29 is 14.7 Å². The molecule has 0 aromatic rings. The number of nitrogens with one attached hydrogen (secondary N) is 1. The van der Waals surface area contributed by atoms with Gasteiger partial charge in [-0.1, -0.05) is 0 Å². The van der Waals surface area contributed by atoms with Crippen LogP contribution in [0, 0.1) is 0 Å². The highest BCUT2D eigenvalue weighted by atomic mass is 16.7. The zero-order chi connectivity index (χ0) is 8.48. The minimum Gasteiger partial charge on any atom is -0.348 e. The lowest BCUT2D eigenvalue weighted by molar-refractivity contribution is -0.144. The van der Waals surface area contributed by atoms with E-state index in [-0.39, 0.29) is 12.1 Å². The number of hydroxylamine groups is 1. The van der Waals surface area contributed by atoms with E-state index < -0.39 is 5.79 Å². The third-order valence-corrected chi connectivity index (χ3v) is 1.79. The largest absolute Gasteiger partial charge is 0.348 e. The van der Waals surface area contributed by atoms with Crippen molar-refractivity contribution in [1.82, 2.24) is 5.48 Å². The van der Waals surface area contributed by atoms with E-state index in [1.807, 2.05) is 20.8 Å². The van der Waals surface area contributed by atoms with Crippen molar-refractivity contribution in [1.29, 1.82) is 0 Å². The van der Waals surface area contributed by atoms with E-state index >= 15 is 0 Å². The van der Waals surface area contributed by atoms with Crippen LogP contribution >= 0.6 is 0 Å². The Balaban J connectivity index is 2.41. The van der Waals surface area contributed by atoms with E-state index in [4.69, 9.17) is 14.7 Å². The molecule has 1 heterocycles. The average molecular weight is 161 g/mol. The number of rotatable bonds is 2. The summed E-state index contributed by atoms with van der Waals surface area (Å²) in [6, 6.07) is -0.0863. The highest BCUT2D eigenvalue weighted by Crippen LogP contribution is 2.23. The van der Waals surface area contributed by atoms with Crippen molar-refractivity contribution in [3.63, 3.8) is 0 Å². The first-order valence-electron chi connectivity index (χ1n) is 3.76. The molecule has 4 heteroatoms. The molecule has 0 bridgehead atoms. The van der Waals surface area contributed by atoms with Gasteiger partial charge in [0, 0.05) is 0 Å². The summed E-state index contributed by atoms with van der Waals surface area (Å²) in [5.41, 5.74) is 2.14. The van der Waals surface area contributed by atoms with Crippen LogP contribution in [-0.2, 0) is 9.47 Å². The monoisotopic (exact) mass is 161 g/mol. The molecule has 0 radical (unpaired) electrons. The topological polar surface area (TPSA) is 50.7 Å². The first-order valence-corrected chi connectivity index (χ1v) is 3.76. The highest BCUT2D eigenvalue weighted by molar-refractivity contribution is 4.77. The van der Waals surface area contributed by atoms with Gasteiger partial charge in [0.15, 0.2) is 5.79 Å². The zero-order valence-electron chi connectivity index (χ0n) is 7.13. The molecule has 0 saturated carbocycles. The molecular formula is C7H15NO3. The fourth-order valence-corrected chi connectivity index (χ4v) is 1.04. The lowest BCUT2D eigenvalue weighted by atomic mass is 10.2. The Morgan fingerprint density at radius 1 is 1.64 bits per heavy atom. The Kier molecular flexibility index (Phi) is 2.49. The molecule has 1 rings (SSSR count). The molecule has 0 aromatic carbocycles. The summed E-state index contributed by atoms with van der Waals surface area (Å²) in [7, 11) is 0. The maximum Gasteiger partial charge on any atom is 0.163 e. The maximum absolute atomic E-state index is 8.58. The SMILES string of the molecule is C[C@H](NO)[C@@H]1COC(C)(C)O1. The van der Waals surface area contributed by atoms with Gasteiger partial charge in [-0.05, 0) is 20.8 Å². The van der Waals surface area contributed by atoms with Gasteiger partial charge < -0.3 is 14.7 Å². The molecular weight excluding hydrogens is 146 g/mol. The van der Waals surface area contributed by atoms with E-state index in [1.54, 1.807) is 0 Å². The third kappa shape index (κ3) is 2.13. The van der Waals surface area contributed by atoms with Gasteiger partial charge in [-0.25, -0.2) is 5.48 Å². The van der Waals surface area contributed by atoms with Crippen LogP contribution in [0.5, 0.6) is 0 Å². The smallest absolute Gasteiger partial charge is 0.163 e. The Hall–Kier alpha value is -0.160. The maximum atomic E-state index is 8.58. The van der Waals surface area contributed by atoms with Crippen molar-refractivity contribution >= 4 is 0 Å². The predicted octanol–water partition coefficient (Wildman–Crippen LogP) is 0.505. The van der Waals surface area contributed by atoms with Crippen molar-refractivity contribution in [2.75, 3.05) is 6.61 Å². The molecule has 1 aliphatic heterocycles. The van der Waals surface area contributed by atoms with Gasteiger partial charge in [0.2, 0.25) is 0 Å². The highest BCUT2D eigenvalue weighted by Gasteiger charge is 2.35. The predicted molar refractivity (Wildman–Crippen MR) is 39.3 cm³/mol. The third-order valence-electron chi connectivity index (χ3n) is 1.79. The minimum absolute atomic E-state index is 0.0602. The van der Waals surface area contributed by atoms with Gasteiger partial charge in [0.1, 0.15) is 6.10 Å². The minimum atomic E-state index is -0.504. The molecule has 1 saturated heterocycles. The van der Waals surface area contributed by atoms with Crippen molar-refractivity contribution in [2.24, 2.45) is 0 Å². The van der Waals surface area contributed by atoms with E-state index in [0.29, 0.717) is 6.61 Å². The van der Waals surface area contributed by atoms with E-state index in [9.17, 15) is 0 Å². The van der Waals surface area contributed by atoms with Crippen LogP contribution in [0.15, 0.2) is 0 Å². The molecule has 0 spiro atoms. The summed E-state index contributed by atoms with van der Waals surface area (Å²) < 4.78 is 10.8. The van der Waals surface area contributed by atoms with Gasteiger partial charge in [-0.15, -0.1) is 0 Å². The lowest BCUT2D eigenvalue weighted by Gasteiger charge is -2.19. The van der Waals surface area contributed by atoms with Crippen molar-refractivity contribution in [3.8, 4) is 0 Å². The molecule has 1 aliphatic rings. The molecule has 0 aromatic heterocycles. The van der Waals surface area contributed by atoms with E-state index in [2.05, 4.69) is 5.48 Å². The Labute approximate surface area is 66.4 Å². The standard InChI is InChI=1S/C7H15NO3/c1-5(8-9)6-4-10-7(2,3)11-6/h5-6,8-9H,4H2,1-3H3/t5-,6-/m0/s1. The Morgan fingerprint density at radius 2 is 2.27 bits per heavy atom. The molecule has 0 aliphatic carbocycles. The van der Waals surface area contributed by atoms with Gasteiger partial charge in [-0.3, -0.25) is 0 Å². The molecule has 2 N–H and O–H groups in total. The second kappa shape index (κ2) is 3.06. The molecule has 66 valence electrons.